The predicted octanol–water partition coefficient (Wildman–Crippen LogP) is 3.28. The summed E-state index contributed by atoms with van der Waals surface area (Å²) < 4.78 is 2.24. The maximum absolute atomic E-state index is 4.57. The topological polar surface area (TPSA) is 24.3 Å². The zero-order valence-corrected chi connectivity index (χ0v) is 15.5. The van der Waals surface area contributed by atoms with Gasteiger partial charge in [0.05, 0.1) is 6.20 Å². The molecule has 1 aromatic heterocycles. The minimum atomic E-state index is 1.12. The molecule has 25 heavy (non-hydrogen) atoms. The third-order valence-corrected chi connectivity index (χ3v) is 5.76. The lowest BCUT2D eigenvalue weighted by molar-refractivity contribution is 0.255. The fourth-order valence-corrected chi connectivity index (χ4v) is 4.17. The Morgan fingerprint density at radius 3 is 2.56 bits per heavy atom. The third kappa shape index (κ3) is 3.90. The minimum absolute atomic E-state index is 1.12. The van der Waals surface area contributed by atoms with E-state index in [2.05, 4.69) is 57.0 Å². The molecule has 2 aromatic rings. The number of fused-ring (bicyclic) bond motifs is 1. The third-order valence-electron chi connectivity index (χ3n) is 5.76. The molecule has 2 aliphatic heterocycles. The van der Waals surface area contributed by atoms with Gasteiger partial charge in [0.15, 0.2) is 0 Å². The molecule has 3 heterocycles. The monoisotopic (exact) mass is 338 g/mol. The van der Waals surface area contributed by atoms with Crippen molar-refractivity contribution >= 4 is 5.69 Å². The van der Waals surface area contributed by atoms with Crippen LogP contribution in [0.1, 0.15) is 36.1 Å². The quantitative estimate of drug-likeness (QED) is 0.836. The normalized spacial score (nSPS) is 18.4. The number of piperazine rings is 1. The second kappa shape index (κ2) is 7.61. The van der Waals surface area contributed by atoms with Crippen LogP contribution in [0.3, 0.4) is 0 Å². The highest BCUT2D eigenvalue weighted by Crippen LogP contribution is 2.20. The maximum Gasteiger partial charge on any atom is 0.0524 e. The van der Waals surface area contributed by atoms with Crippen molar-refractivity contribution in [1.29, 1.82) is 0 Å². The van der Waals surface area contributed by atoms with Crippen LogP contribution in [0.4, 0.5) is 5.69 Å². The molecule has 0 radical (unpaired) electrons. The van der Waals surface area contributed by atoms with Crippen molar-refractivity contribution in [3.8, 4) is 0 Å². The molecule has 4 heteroatoms. The largest absolute Gasteiger partial charge is 0.369 e. The van der Waals surface area contributed by atoms with E-state index in [1.54, 1.807) is 0 Å². The van der Waals surface area contributed by atoms with Crippen molar-refractivity contribution < 1.29 is 0 Å². The van der Waals surface area contributed by atoms with Gasteiger partial charge >= 0.3 is 0 Å². The lowest BCUT2D eigenvalue weighted by Crippen LogP contribution is -2.46. The lowest BCUT2D eigenvalue weighted by Gasteiger charge is -2.36. The van der Waals surface area contributed by atoms with Crippen LogP contribution in [0.2, 0.25) is 0 Å². The molecule has 2 aliphatic rings. The van der Waals surface area contributed by atoms with Crippen LogP contribution in [-0.2, 0) is 19.4 Å². The molecule has 0 amide bonds. The van der Waals surface area contributed by atoms with Crippen molar-refractivity contribution in [2.75, 3.05) is 37.6 Å². The van der Waals surface area contributed by atoms with Gasteiger partial charge < -0.3 is 4.90 Å². The highest BCUT2D eigenvalue weighted by molar-refractivity contribution is 5.47. The number of anilines is 1. The van der Waals surface area contributed by atoms with Crippen LogP contribution in [0, 0.1) is 6.92 Å². The highest BCUT2D eigenvalue weighted by atomic mass is 15.3. The summed E-state index contributed by atoms with van der Waals surface area (Å²) in [5, 5.41) is 4.57. The fraction of sp³-hybridized carbons (Fsp3) is 0.571. The van der Waals surface area contributed by atoms with Gasteiger partial charge in [-0.3, -0.25) is 9.58 Å². The van der Waals surface area contributed by atoms with Crippen molar-refractivity contribution in [2.45, 2.75) is 45.6 Å². The van der Waals surface area contributed by atoms with Crippen LogP contribution >= 0.6 is 0 Å². The van der Waals surface area contributed by atoms with E-state index in [1.807, 2.05) is 0 Å². The molecule has 4 rings (SSSR count). The first-order chi connectivity index (χ1) is 12.3. The van der Waals surface area contributed by atoms with Gasteiger partial charge in [-0.2, -0.15) is 5.10 Å². The van der Waals surface area contributed by atoms with Crippen LogP contribution in [0.5, 0.6) is 0 Å². The molecule has 0 spiro atoms. The molecule has 1 saturated heterocycles. The van der Waals surface area contributed by atoms with E-state index in [0.29, 0.717) is 0 Å². The van der Waals surface area contributed by atoms with Crippen LogP contribution in [0.15, 0.2) is 30.5 Å². The Labute approximate surface area is 151 Å². The molecule has 134 valence electrons. The Bertz CT molecular complexity index is 680. The summed E-state index contributed by atoms with van der Waals surface area (Å²) in [5.74, 6) is 0. The first kappa shape index (κ1) is 16.6. The highest BCUT2D eigenvalue weighted by Gasteiger charge is 2.18. The summed E-state index contributed by atoms with van der Waals surface area (Å²) >= 11 is 0. The van der Waals surface area contributed by atoms with E-state index in [4.69, 9.17) is 0 Å². The van der Waals surface area contributed by atoms with Crippen LogP contribution in [-0.4, -0.2) is 47.4 Å². The Morgan fingerprint density at radius 1 is 0.960 bits per heavy atom. The van der Waals surface area contributed by atoms with Gasteiger partial charge in [-0.15, -0.1) is 0 Å². The number of hydrogen-bond donors (Lipinski definition) is 0. The molecule has 1 aromatic carbocycles. The summed E-state index contributed by atoms with van der Waals surface area (Å²) in [7, 11) is 0. The van der Waals surface area contributed by atoms with E-state index >= 15 is 0 Å². The van der Waals surface area contributed by atoms with Gasteiger partial charge in [0.1, 0.15) is 0 Å². The Balaban J connectivity index is 1.23. The molecule has 0 bridgehead atoms. The van der Waals surface area contributed by atoms with E-state index in [9.17, 15) is 0 Å². The first-order valence-electron chi connectivity index (χ1n) is 9.87. The average molecular weight is 338 g/mol. The number of benzene rings is 1. The lowest BCUT2D eigenvalue weighted by atomic mass is 10.0. The van der Waals surface area contributed by atoms with Crippen molar-refractivity contribution in [3.05, 3.63) is 47.3 Å². The van der Waals surface area contributed by atoms with E-state index in [0.717, 1.165) is 19.6 Å². The summed E-state index contributed by atoms with van der Waals surface area (Å²) in [4.78, 5) is 5.14. The second-order valence-electron chi connectivity index (χ2n) is 7.56. The summed E-state index contributed by atoms with van der Waals surface area (Å²) in [6.45, 7) is 9.14. The Kier molecular flexibility index (Phi) is 5.07. The van der Waals surface area contributed by atoms with Gasteiger partial charge in [-0.05, 0) is 63.3 Å². The van der Waals surface area contributed by atoms with E-state index in [-0.39, 0.29) is 0 Å². The van der Waals surface area contributed by atoms with Crippen LogP contribution < -0.4 is 4.90 Å². The summed E-state index contributed by atoms with van der Waals surface area (Å²) in [5.41, 5.74) is 5.72. The van der Waals surface area contributed by atoms with Gasteiger partial charge in [-0.25, -0.2) is 0 Å². The van der Waals surface area contributed by atoms with Gasteiger partial charge in [-0.1, -0.05) is 17.7 Å². The number of hydrogen-bond acceptors (Lipinski definition) is 3. The Morgan fingerprint density at radius 2 is 1.76 bits per heavy atom. The molecular formula is C21H30N4. The molecule has 0 aliphatic carbocycles. The predicted molar refractivity (Wildman–Crippen MR) is 103 cm³/mol. The zero-order valence-electron chi connectivity index (χ0n) is 15.5. The number of nitrogens with zero attached hydrogens (tertiary/aromatic N) is 4. The summed E-state index contributed by atoms with van der Waals surface area (Å²) in [6, 6.07) is 8.95. The average Bonchev–Trinajstić information content (AvgIpc) is 3.06. The van der Waals surface area contributed by atoms with Gasteiger partial charge in [0, 0.05) is 44.1 Å². The molecule has 0 saturated carbocycles. The fourth-order valence-electron chi connectivity index (χ4n) is 4.17. The second-order valence-corrected chi connectivity index (χ2v) is 7.56. The smallest absolute Gasteiger partial charge is 0.0524 e. The molecule has 1 fully saturated rings. The first-order valence-corrected chi connectivity index (χ1v) is 9.87. The van der Waals surface area contributed by atoms with Crippen molar-refractivity contribution in [2.24, 2.45) is 0 Å². The SMILES string of the molecule is Cc1ccc(N2CCN(CCCc3cnn4c3CCCC4)CC2)cc1. The minimum Gasteiger partial charge on any atom is -0.369 e. The molecule has 0 unspecified atom stereocenters. The number of aryl methyl sites for hydroxylation is 3. The van der Waals surface area contributed by atoms with Crippen molar-refractivity contribution in [3.63, 3.8) is 0 Å². The standard InChI is InChI=1S/C21H30N4/c1-18-7-9-20(10-8-18)24-15-13-23(14-16-24)11-4-5-19-17-22-25-12-3-2-6-21(19)25/h7-10,17H,2-6,11-16H2,1H3. The van der Waals surface area contributed by atoms with Gasteiger partial charge in [0.25, 0.3) is 0 Å². The van der Waals surface area contributed by atoms with Crippen LogP contribution in [0.25, 0.3) is 0 Å². The van der Waals surface area contributed by atoms with E-state index < -0.39 is 0 Å². The van der Waals surface area contributed by atoms with Crippen molar-refractivity contribution in [1.82, 2.24) is 14.7 Å². The zero-order chi connectivity index (χ0) is 17.1. The van der Waals surface area contributed by atoms with Gasteiger partial charge in [0.2, 0.25) is 0 Å². The molecule has 0 N–H and O–H groups in total. The number of aromatic nitrogens is 2. The number of rotatable bonds is 5. The molecule has 0 atom stereocenters. The molecule has 4 nitrogen and oxygen atoms in total. The maximum atomic E-state index is 4.57. The molecular weight excluding hydrogens is 308 g/mol. The Hall–Kier alpha value is -1.81. The summed E-state index contributed by atoms with van der Waals surface area (Å²) in [6.07, 6.45) is 8.41. The van der Waals surface area contributed by atoms with E-state index in [1.165, 1.54) is 74.2 Å².